The highest BCUT2D eigenvalue weighted by atomic mass is 35.5. The van der Waals surface area contributed by atoms with E-state index in [0.717, 1.165) is 38.4 Å². The predicted molar refractivity (Wildman–Crippen MR) is 99.2 cm³/mol. The van der Waals surface area contributed by atoms with E-state index in [0.29, 0.717) is 0 Å². The largest absolute Gasteiger partial charge is 0.354 e. The molecular weight excluding hydrogens is 327 g/mol. The third-order valence-electron chi connectivity index (χ3n) is 3.74. The molecule has 4 aromatic rings. The van der Waals surface area contributed by atoms with Crippen LogP contribution in [0.15, 0.2) is 72.9 Å². The van der Waals surface area contributed by atoms with E-state index in [-0.39, 0.29) is 12.4 Å². The summed E-state index contributed by atoms with van der Waals surface area (Å²) in [6, 6.07) is 22.1. The van der Waals surface area contributed by atoms with Gasteiger partial charge in [0.1, 0.15) is 0 Å². The molecule has 2 aromatic carbocycles. The van der Waals surface area contributed by atoms with Gasteiger partial charge in [0.25, 0.3) is 0 Å². The van der Waals surface area contributed by atoms with Gasteiger partial charge in [-0.25, -0.2) is 0 Å². The van der Waals surface area contributed by atoms with Gasteiger partial charge in [-0.3, -0.25) is 4.98 Å². The van der Waals surface area contributed by atoms with Crippen molar-refractivity contribution in [2.24, 2.45) is 0 Å². The number of nitrogens with zero attached hydrogens (tertiary/aromatic N) is 1. The number of hydrogen-bond acceptors (Lipinski definition) is 1. The number of H-pyrrole nitrogens is 1. The van der Waals surface area contributed by atoms with Gasteiger partial charge in [-0.05, 0) is 35.9 Å². The number of fused-ring (bicyclic) bond motifs is 1. The third kappa shape index (κ3) is 2.83. The first kappa shape index (κ1) is 15.6. The number of hydrogen-bond donors (Lipinski definition) is 1. The summed E-state index contributed by atoms with van der Waals surface area (Å²) >= 11 is 6.20. The van der Waals surface area contributed by atoms with Crippen LogP contribution in [0.5, 0.6) is 0 Å². The van der Waals surface area contributed by atoms with Crippen molar-refractivity contribution in [3.8, 4) is 22.5 Å². The van der Waals surface area contributed by atoms with Gasteiger partial charge in [0, 0.05) is 27.7 Å². The Morgan fingerprint density at radius 3 is 2.39 bits per heavy atom. The van der Waals surface area contributed by atoms with Crippen LogP contribution in [-0.4, -0.2) is 9.97 Å². The fraction of sp³-hybridized carbons (Fsp3) is 0. The summed E-state index contributed by atoms with van der Waals surface area (Å²) in [6.07, 6.45) is 1.81. The molecule has 23 heavy (non-hydrogen) atoms. The van der Waals surface area contributed by atoms with Crippen LogP contribution in [0.1, 0.15) is 0 Å². The van der Waals surface area contributed by atoms with Crippen LogP contribution in [0, 0.1) is 0 Å². The molecule has 0 aliphatic heterocycles. The van der Waals surface area contributed by atoms with E-state index < -0.39 is 0 Å². The SMILES string of the molecule is Cl.Clc1ccc2[nH]c(-c3ccccc3)c(-c3ccccn3)c2c1. The molecular formula is C19H14Cl2N2. The van der Waals surface area contributed by atoms with Gasteiger partial charge in [0.05, 0.1) is 11.4 Å². The summed E-state index contributed by atoms with van der Waals surface area (Å²) in [4.78, 5) is 8.03. The van der Waals surface area contributed by atoms with Gasteiger partial charge in [0.2, 0.25) is 0 Å². The van der Waals surface area contributed by atoms with Crippen molar-refractivity contribution in [2.45, 2.75) is 0 Å². The van der Waals surface area contributed by atoms with Gasteiger partial charge in [-0.2, -0.15) is 0 Å². The molecule has 2 heterocycles. The fourth-order valence-corrected chi connectivity index (χ4v) is 2.93. The number of benzene rings is 2. The van der Waals surface area contributed by atoms with Gasteiger partial charge >= 0.3 is 0 Å². The van der Waals surface area contributed by atoms with E-state index in [9.17, 15) is 0 Å². The lowest BCUT2D eigenvalue weighted by molar-refractivity contribution is 1.33. The summed E-state index contributed by atoms with van der Waals surface area (Å²) in [5.74, 6) is 0. The molecule has 0 aliphatic rings. The molecule has 2 aromatic heterocycles. The van der Waals surface area contributed by atoms with E-state index in [1.54, 1.807) is 0 Å². The number of halogens is 2. The second-order valence-electron chi connectivity index (χ2n) is 5.15. The summed E-state index contributed by atoms with van der Waals surface area (Å²) in [6.45, 7) is 0. The first-order chi connectivity index (χ1) is 10.8. The van der Waals surface area contributed by atoms with Crippen molar-refractivity contribution in [1.82, 2.24) is 9.97 Å². The van der Waals surface area contributed by atoms with Crippen LogP contribution in [-0.2, 0) is 0 Å². The average molecular weight is 341 g/mol. The maximum Gasteiger partial charge on any atom is 0.0729 e. The zero-order valence-electron chi connectivity index (χ0n) is 12.2. The molecule has 0 radical (unpaired) electrons. The van der Waals surface area contributed by atoms with Crippen LogP contribution in [0.4, 0.5) is 0 Å². The first-order valence-corrected chi connectivity index (χ1v) is 7.49. The second-order valence-corrected chi connectivity index (χ2v) is 5.58. The van der Waals surface area contributed by atoms with Crippen LogP contribution in [0.25, 0.3) is 33.4 Å². The van der Waals surface area contributed by atoms with Crippen molar-refractivity contribution >= 4 is 34.9 Å². The molecule has 0 atom stereocenters. The Kier molecular flexibility index (Phi) is 4.37. The third-order valence-corrected chi connectivity index (χ3v) is 3.98. The van der Waals surface area contributed by atoms with Gasteiger partial charge < -0.3 is 4.98 Å². The van der Waals surface area contributed by atoms with Crippen LogP contribution < -0.4 is 0 Å². The van der Waals surface area contributed by atoms with Crippen LogP contribution in [0.2, 0.25) is 5.02 Å². The molecule has 4 rings (SSSR count). The van der Waals surface area contributed by atoms with Crippen molar-refractivity contribution in [3.05, 3.63) is 77.9 Å². The lowest BCUT2D eigenvalue weighted by atomic mass is 10.0. The molecule has 0 unspecified atom stereocenters. The Morgan fingerprint density at radius 1 is 0.870 bits per heavy atom. The highest BCUT2D eigenvalue weighted by Crippen LogP contribution is 2.38. The lowest BCUT2D eigenvalue weighted by Gasteiger charge is -2.04. The zero-order valence-corrected chi connectivity index (χ0v) is 13.7. The maximum atomic E-state index is 6.20. The number of pyridine rings is 1. The van der Waals surface area contributed by atoms with Gasteiger partial charge in [-0.1, -0.05) is 48.0 Å². The number of nitrogens with one attached hydrogen (secondary N) is 1. The molecule has 114 valence electrons. The molecule has 0 bridgehead atoms. The molecule has 0 fully saturated rings. The molecule has 4 heteroatoms. The topological polar surface area (TPSA) is 28.7 Å². The summed E-state index contributed by atoms with van der Waals surface area (Å²) in [5.41, 5.74) is 5.29. The minimum Gasteiger partial charge on any atom is -0.354 e. The Bertz CT molecular complexity index is 932. The number of aromatic nitrogens is 2. The van der Waals surface area contributed by atoms with Crippen molar-refractivity contribution in [2.75, 3.05) is 0 Å². The summed E-state index contributed by atoms with van der Waals surface area (Å²) < 4.78 is 0. The first-order valence-electron chi connectivity index (χ1n) is 7.11. The number of rotatable bonds is 2. The van der Waals surface area contributed by atoms with Gasteiger partial charge in [0.15, 0.2) is 0 Å². The zero-order chi connectivity index (χ0) is 14.9. The Hall–Kier alpha value is -2.29. The van der Waals surface area contributed by atoms with E-state index >= 15 is 0 Å². The second kappa shape index (κ2) is 6.45. The molecule has 0 aliphatic carbocycles. The Morgan fingerprint density at radius 2 is 1.65 bits per heavy atom. The summed E-state index contributed by atoms with van der Waals surface area (Å²) in [5, 5.41) is 1.81. The minimum absolute atomic E-state index is 0. The van der Waals surface area contributed by atoms with Crippen LogP contribution >= 0.6 is 24.0 Å². The highest BCUT2D eigenvalue weighted by molar-refractivity contribution is 6.31. The molecule has 1 N–H and O–H groups in total. The molecule has 2 nitrogen and oxygen atoms in total. The maximum absolute atomic E-state index is 6.20. The summed E-state index contributed by atoms with van der Waals surface area (Å²) in [7, 11) is 0. The van der Waals surface area contributed by atoms with Crippen molar-refractivity contribution in [1.29, 1.82) is 0 Å². The minimum atomic E-state index is 0. The predicted octanol–water partition coefficient (Wildman–Crippen LogP) is 5.97. The Labute approximate surface area is 145 Å². The van der Waals surface area contributed by atoms with E-state index in [4.69, 9.17) is 11.6 Å². The van der Waals surface area contributed by atoms with E-state index in [2.05, 4.69) is 22.1 Å². The fourth-order valence-electron chi connectivity index (χ4n) is 2.76. The van der Waals surface area contributed by atoms with Gasteiger partial charge in [-0.15, -0.1) is 12.4 Å². The highest BCUT2D eigenvalue weighted by Gasteiger charge is 2.15. The van der Waals surface area contributed by atoms with E-state index in [1.165, 1.54) is 0 Å². The molecule has 0 spiro atoms. The molecule has 0 saturated heterocycles. The average Bonchev–Trinajstić information content (AvgIpc) is 2.95. The number of aromatic amines is 1. The monoisotopic (exact) mass is 340 g/mol. The molecule has 0 saturated carbocycles. The smallest absolute Gasteiger partial charge is 0.0729 e. The molecule has 0 amide bonds. The van der Waals surface area contributed by atoms with Crippen molar-refractivity contribution < 1.29 is 0 Å². The standard InChI is InChI=1S/C19H13ClN2.ClH/c20-14-9-10-16-15(12-14)18(17-8-4-5-11-21-17)19(22-16)13-6-2-1-3-7-13;/h1-12,22H;1H. The normalized spacial score (nSPS) is 10.5. The Balaban J connectivity index is 0.00000156. The van der Waals surface area contributed by atoms with Crippen molar-refractivity contribution in [3.63, 3.8) is 0 Å². The van der Waals surface area contributed by atoms with Crippen LogP contribution in [0.3, 0.4) is 0 Å². The van der Waals surface area contributed by atoms with E-state index in [1.807, 2.05) is 60.8 Å². The lowest BCUT2D eigenvalue weighted by Crippen LogP contribution is -1.85. The quantitative estimate of drug-likeness (QED) is 0.478.